The number of nitrogens with one attached hydrogen (secondary N) is 1. The third-order valence-electron chi connectivity index (χ3n) is 2.07. The zero-order chi connectivity index (χ0) is 8.27. The van der Waals surface area contributed by atoms with Crippen molar-refractivity contribution in [3.05, 3.63) is 29.8 Å². The van der Waals surface area contributed by atoms with E-state index in [0.29, 0.717) is 0 Å². The molecule has 0 saturated heterocycles. The van der Waals surface area contributed by atoms with Crippen molar-refractivity contribution < 1.29 is 4.90 Å². The van der Waals surface area contributed by atoms with Gasteiger partial charge >= 0.3 is 0 Å². The van der Waals surface area contributed by atoms with Crippen LogP contribution in [-0.2, 0) is 0 Å². The van der Waals surface area contributed by atoms with Crippen LogP contribution in [0.4, 0.5) is 5.69 Å². The Hall–Kier alpha value is -0.820. The van der Waals surface area contributed by atoms with Gasteiger partial charge in [-0.15, -0.1) is 0 Å². The van der Waals surface area contributed by atoms with Gasteiger partial charge in [-0.2, -0.15) is 0 Å². The average molecular weight is 150 g/mol. The van der Waals surface area contributed by atoms with E-state index in [2.05, 4.69) is 45.2 Å². The van der Waals surface area contributed by atoms with Crippen molar-refractivity contribution in [1.29, 1.82) is 0 Å². The molecular weight excluding hydrogens is 134 g/mol. The van der Waals surface area contributed by atoms with Crippen LogP contribution in [0.25, 0.3) is 0 Å². The summed E-state index contributed by atoms with van der Waals surface area (Å²) < 4.78 is 0. The van der Waals surface area contributed by atoms with Crippen LogP contribution in [0.2, 0.25) is 0 Å². The number of hydrogen-bond donors (Lipinski definition) is 1. The number of rotatable bonds is 2. The molecule has 1 nitrogen and oxygen atoms in total. The third kappa shape index (κ3) is 2.05. The molecule has 11 heavy (non-hydrogen) atoms. The molecule has 0 bridgehead atoms. The Bertz CT molecular complexity index is 213. The minimum atomic E-state index is 1.14. The number of benzene rings is 1. The van der Waals surface area contributed by atoms with Gasteiger partial charge in [0.05, 0.1) is 13.6 Å². The topological polar surface area (TPSA) is 4.44 Å². The largest absolute Gasteiger partial charge is 0.305 e. The van der Waals surface area contributed by atoms with Crippen LogP contribution in [0, 0.1) is 6.92 Å². The maximum Gasteiger partial charge on any atom is 0.130 e. The van der Waals surface area contributed by atoms with Gasteiger partial charge in [0.1, 0.15) is 5.69 Å². The predicted octanol–water partition coefficient (Wildman–Crippen LogP) is 1.16. The second-order valence-electron chi connectivity index (χ2n) is 3.00. The van der Waals surface area contributed by atoms with Crippen LogP contribution in [0.1, 0.15) is 12.5 Å². The zero-order valence-electron chi connectivity index (χ0n) is 7.52. The van der Waals surface area contributed by atoms with Crippen LogP contribution in [0.15, 0.2) is 24.3 Å². The SMILES string of the molecule is CC[NH+](C)c1ccc(C)cc1. The maximum absolute atomic E-state index is 2.19. The first-order valence-corrected chi connectivity index (χ1v) is 4.13. The molecule has 0 radical (unpaired) electrons. The molecule has 1 atom stereocenters. The normalized spacial score (nSPS) is 13.0. The van der Waals surface area contributed by atoms with Crippen LogP contribution >= 0.6 is 0 Å². The minimum Gasteiger partial charge on any atom is -0.305 e. The molecule has 0 aliphatic rings. The van der Waals surface area contributed by atoms with Gasteiger partial charge < -0.3 is 4.90 Å². The van der Waals surface area contributed by atoms with E-state index in [0.717, 1.165) is 6.54 Å². The van der Waals surface area contributed by atoms with Gasteiger partial charge in [0.2, 0.25) is 0 Å². The number of quaternary nitrogens is 1. The van der Waals surface area contributed by atoms with Crippen molar-refractivity contribution in [2.45, 2.75) is 13.8 Å². The summed E-state index contributed by atoms with van der Waals surface area (Å²) in [6.07, 6.45) is 0. The smallest absolute Gasteiger partial charge is 0.130 e. The fourth-order valence-electron chi connectivity index (χ4n) is 1.04. The van der Waals surface area contributed by atoms with E-state index in [9.17, 15) is 0 Å². The highest BCUT2D eigenvalue weighted by molar-refractivity contribution is 5.31. The molecule has 1 aromatic carbocycles. The molecule has 0 fully saturated rings. The van der Waals surface area contributed by atoms with E-state index in [-0.39, 0.29) is 0 Å². The molecule has 0 amide bonds. The van der Waals surface area contributed by atoms with Crippen LogP contribution < -0.4 is 4.90 Å². The molecule has 0 spiro atoms. The molecule has 0 heterocycles. The molecule has 0 aliphatic heterocycles. The van der Waals surface area contributed by atoms with Gasteiger partial charge in [-0.1, -0.05) is 17.7 Å². The number of hydrogen-bond acceptors (Lipinski definition) is 0. The summed E-state index contributed by atoms with van der Waals surface area (Å²) in [6, 6.07) is 8.70. The van der Waals surface area contributed by atoms with Crippen molar-refractivity contribution in [3.63, 3.8) is 0 Å². The standard InChI is InChI=1S/C10H15N/c1-4-11(3)10-7-5-9(2)6-8-10/h5-8H,4H2,1-3H3/p+1. The van der Waals surface area contributed by atoms with Crippen molar-refractivity contribution in [2.75, 3.05) is 13.6 Å². The molecule has 1 unspecified atom stereocenters. The Labute approximate surface area is 68.7 Å². The molecular formula is C10H16N+. The summed E-state index contributed by atoms with van der Waals surface area (Å²) >= 11 is 0. The summed E-state index contributed by atoms with van der Waals surface area (Å²) in [6.45, 7) is 5.45. The Morgan fingerprint density at radius 2 is 1.73 bits per heavy atom. The highest BCUT2D eigenvalue weighted by atomic mass is 15.1. The van der Waals surface area contributed by atoms with Gasteiger partial charge in [0, 0.05) is 0 Å². The van der Waals surface area contributed by atoms with E-state index in [1.165, 1.54) is 16.2 Å². The van der Waals surface area contributed by atoms with Gasteiger partial charge in [0.15, 0.2) is 0 Å². The van der Waals surface area contributed by atoms with Crippen molar-refractivity contribution >= 4 is 5.69 Å². The fraction of sp³-hybridized carbons (Fsp3) is 0.400. The summed E-state index contributed by atoms with van der Waals surface area (Å²) in [4.78, 5) is 1.46. The van der Waals surface area contributed by atoms with Crippen LogP contribution in [-0.4, -0.2) is 13.6 Å². The minimum absolute atomic E-state index is 1.14. The van der Waals surface area contributed by atoms with Gasteiger partial charge in [-0.05, 0) is 26.0 Å². The molecule has 1 N–H and O–H groups in total. The first-order valence-electron chi connectivity index (χ1n) is 4.13. The first kappa shape index (κ1) is 8.28. The molecule has 0 saturated carbocycles. The summed E-state index contributed by atoms with van der Waals surface area (Å²) in [7, 11) is 2.19. The molecule has 1 heteroatoms. The monoisotopic (exact) mass is 150 g/mol. The van der Waals surface area contributed by atoms with Crippen molar-refractivity contribution in [2.24, 2.45) is 0 Å². The van der Waals surface area contributed by atoms with Crippen LogP contribution in [0.5, 0.6) is 0 Å². The number of aryl methyl sites for hydroxylation is 1. The quantitative estimate of drug-likeness (QED) is 0.645. The molecule has 1 aromatic rings. The lowest BCUT2D eigenvalue weighted by atomic mass is 10.2. The predicted molar refractivity (Wildman–Crippen MR) is 48.3 cm³/mol. The fourth-order valence-corrected chi connectivity index (χ4v) is 1.04. The zero-order valence-corrected chi connectivity index (χ0v) is 7.52. The highest BCUT2D eigenvalue weighted by Gasteiger charge is 2.00. The maximum atomic E-state index is 2.19. The Morgan fingerprint density at radius 1 is 1.18 bits per heavy atom. The van der Waals surface area contributed by atoms with Gasteiger partial charge in [0.25, 0.3) is 0 Å². The Balaban J connectivity index is 2.81. The third-order valence-corrected chi connectivity index (χ3v) is 2.07. The molecule has 1 rings (SSSR count). The molecule has 0 aromatic heterocycles. The second-order valence-corrected chi connectivity index (χ2v) is 3.00. The summed E-state index contributed by atoms with van der Waals surface area (Å²) in [5.74, 6) is 0. The Morgan fingerprint density at radius 3 is 2.18 bits per heavy atom. The molecule has 60 valence electrons. The lowest BCUT2D eigenvalue weighted by molar-refractivity contribution is -0.807. The summed E-state index contributed by atoms with van der Waals surface area (Å²) in [5.41, 5.74) is 2.70. The van der Waals surface area contributed by atoms with Crippen LogP contribution in [0.3, 0.4) is 0 Å². The van der Waals surface area contributed by atoms with Crippen molar-refractivity contribution in [3.8, 4) is 0 Å². The second kappa shape index (κ2) is 3.54. The van der Waals surface area contributed by atoms with E-state index < -0.39 is 0 Å². The van der Waals surface area contributed by atoms with Gasteiger partial charge in [-0.3, -0.25) is 0 Å². The molecule has 0 aliphatic carbocycles. The van der Waals surface area contributed by atoms with E-state index in [1.54, 1.807) is 0 Å². The lowest BCUT2D eigenvalue weighted by Gasteiger charge is -2.09. The average Bonchev–Trinajstić information content (AvgIpc) is 2.05. The van der Waals surface area contributed by atoms with E-state index >= 15 is 0 Å². The van der Waals surface area contributed by atoms with Crippen molar-refractivity contribution in [1.82, 2.24) is 0 Å². The Kier molecular flexibility index (Phi) is 2.66. The summed E-state index contributed by atoms with van der Waals surface area (Å²) in [5, 5.41) is 0. The van der Waals surface area contributed by atoms with Gasteiger partial charge in [-0.25, -0.2) is 0 Å². The first-order chi connectivity index (χ1) is 5.24. The highest BCUT2D eigenvalue weighted by Crippen LogP contribution is 2.02. The van der Waals surface area contributed by atoms with E-state index in [1.807, 2.05) is 0 Å². The lowest BCUT2D eigenvalue weighted by Crippen LogP contribution is -3.03. The van der Waals surface area contributed by atoms with E-state index in [4.69, 9.17) is 0 Å².